The maximum absolute atomic E-state index is 12.0. The van der Waals surface area contributed by atoms with Crippen LogP contribution in [0.1, 0.15) is 32.0 Å². The number of aromatic nitrogens is 1. The van der Waals surface area contributed by atoms with Gasteiger partial charge in [0.1, 0.15) is 5.69 Å². The minimum atomic E-state index is -1.08. The van der Waals surface area contributed by atoms with Crippen molar-refractivity contribution in [3.8, 4) is 0 Å². The highest BCUT2D eigenvalue weighted by Gasteiger charge is 2.08. The zero-order valence-corrected chi connectivity index (χ0v) is 12.0. The summed E-state index contributed by atoms with van der Waals surface area (Å²) in [5, 5.41) is 12.1. The van der Waals surface area contributed by atoms with Gasteiger partial charge in [-0.15, -0.1) is 0 Å². The molecule has 108 valence electrons. The van der Waals surface area contributed by atoms with Crippen LogP contribution in [0.25, 0.3) is 0 Å². The van der Waals surface area contributed by atoms with Gasteiger partial charge in [0.15, 0.2) is 0 Å². The van der Waals surface area contributed by atoms with E-state index in [1.165, 1.54) is 12.3 Å². The number of aryl methyl sites for hydroxylation is 1. The predicted octanol–water partition coefficient (Wildman–Crippen LogP) is 2.67. The Bertz CT molecular complexity index is 684. The summed E-state index contributed by atoms with van der Waals surface area (Å²) in [6.07, 6.45) is 1.43. The number of aromatic carboxylic acids is 1. The zero-order valence-electron chi connectivity index (χ0n) is 11.3. The maximum Gasteiger partial charge on any atom is 0.354 e. The van der Waals surface area contributed by atoms with Crippen LogP contribution in [0.2, 0.25) is 5.02 Å². The topological polar surface area (TPSA) is 79.3 Å². The average Bonchev–Trinajstić information content (AvgIpc) is 2.48. The summed E-state index contributed by atoms with van der Waals surface area (Å²) in [6, 6.07) is 8.05. The lowest BCUT2D eigenvalue weighted by Gasteiger charge is -2.07. The summed E-state index contributed by atoms with van der Waals surface area (Å²) >= 11 is 5.91. The summed E-state index contributed by atoms with van der Waals surface area (Å²) in [5.74, 6) is -1.31. The molecule has 2 rings (SSSR count). The van der Waals surface area contributed by atoms with Crippen LogP contribution in [-0.2, 0) is 6.54 Å². The number of rotatable bonds is 4. The van der Waals surface area contributed by atoms with Crippen molar-refractivity contribution >= 4 is 23.5 Å². The summed E-state index contributed by atoms with van der Waals surface area (Å²) in [7, 11) is 0. The standard InChI is InChI=1S/C15H13ClN2O3/c1-9-6-11(3-4-12(9)16)14(19)18-8-10-2-5-13(15(20)21)17-7-10/h2-7H,8H2,1H3,(H,18,19)(H,20,21). The van der Waals surface area contributed by atoms with Gasteiger partial charge in [-0.1, -0.05) is 17.7 Å². The number of carbonyl (C=O) groups is 2. The molecule has 5 nitrogen and oxygen atoms in total. The zero-order chi connectivity index (χ0) is 15.4. The molecular formula is C15H13ClN2O3. The molecule has 1 amide bonds. The van der Waals surface area contributed by atoms with Crippen LogP contribution in [0, 0.1) is 6.92 Å². The summed E-state index contributed by atoms with van der Waals surface area (Å²) in [4.78, 5) is 26.5. The molecule has 0 unspecified atom stereocenters. The Morgan fingerprint density at radius 3 is 2.62 bits per heavy atom. The van der Waals surface area contributed by atoms with Gasteiger partial charge in [-0.3, -0.25) is 4.79 Å². The Morgan fingerprint density at radius 2 is 2.05 bits per heavy atom. The number of carboxylic acid groups (broad SMARTS) is 1. The van der Waals surface area contributed by atoms with E-state index in [0.717, 1.165) is 11.1 Å². The fourth-order valence-electron chi connectivity index (χ4n) is 1.73. The van der Waals surface area contributed by atoms with Crippen molar-refractivity contribution in [2.75, 3.05) is 0 Å². The lowest BCUT2D eigenvalue weighted by atomic mass is 10.1. The fraction of sp³-hybridized carbons (Fsp3) is 0.133. The van der Waals surface area contributed by atoms with Gasteiger partial charge in [0.2, 0.25) is 0 Å². The normalized spacial score (nSPS) is 10.2. The van der Waals surface area contributed by atoms with E-state index in [1.54, 1.807) is 24.3 Å². The second-order valence-electron chi connectivity index (χ2n) is 4.50. The molecule has 0 atom stereocenters. The van der Waals surface area contributed by atoms with E-state index in [4.69, 9.17) is 16.7 Å². The lowest BCUT2D eigenvalue weighted by Crippen LogP contribution is -2.23. The van der Waals surface area contributed by atoms with Crippen LogP contribution in [0.3, 0.4) is 0 Å². The number of benzene rings is 1. The number of carbonyl (C=O) groups excluding carboxylic acids is 1. The van der Waals surface area contributed by atoms with Gasteiger partial charge in [0.25, 0.3) is 5.91 Å². The molecule has 0 fully saturated rings. The van der Waals surface area contributed by atoms with E-state index in [0.29, 0.717) is 10.6 Å². The molecule has 0 aliphatic rings. The van der Waals surface area contributed by atoms with E-state index in [2.05, 4.69) is 10.3 Å². The van der Waals surface area contributed by atoms with Crippen LogP contribution in [-0.4, -0.2) is 22.0 Å². The molecule has 1 heterocycles. The maximum atomic E-state index is 12.0. The van der Waals surface area contributed by atoms with E-state index < -0.39 is 5.97 Å². The van der Waals surface area contributed by atoms with Gasteiger partial charge < -0.3 is 10.4 Å². The number of carboxylic acids is 1. The third-order valence-corrected chi connectivity index (χ3v) is 3.34. The average molecular weight is 305 g/mol. The molecule has 1 aromatic carbocycles. The molecule has 2 aromatic rings. The third kappa shape index (κ3) is 3.79. The summed E-state index contributed by atoms with van der Waals surface area (Å²) in [5.41, 5.74) is 2.04. The summed E-state index contributed by atoms with van der Waals surface area (Å²) < 4.78 is 0. The number of hydrogen-bond acceptors (Lipinski definition) is 3. The number of hydrogen-bond donors (Lipinski definition) is 2. The van der Waals surface area contributed by atoms with E-state index in [-0.39, 0.29) is 18.1 Å². The van der Waals surface area contributed by atoms with Gasteiger partial charge in [0, 0.05) is 23.3 Å². The van der Waals surface area contributed by atoms with Crippen LogP contribution in [0.4, 0.5) is 0 Å². The van der Waals surface area contributed by atoms with Crippen molar-refractivity contribution in [1.82, 2.24) is 10.3 Å². The van der Waals surface area contributed by atoms with Crippen molar-refractivity contribution in [1.29, 1.82) is 0 Å². The first-order valence-electron chi connectivity index (χ1n) is 6.20. The van der Waals surface area contributed by atoms with Crippen molar-refractivity contribution in [2.45, 2.75) is 13.5 Å². The first-order chi connectivity index (χ1) is 9.97. The van der Waals surface area contributed by atoms with Crippen molar-refractivity contribution < 1.29 is 14.7 Å². The molecule has 0 radical (unpaired) electrons. The van der Waals surface area contributed by atoms with E-state index >= 15 is 0 Å². The van der Waals surface area contributed by atoms with Gasteiger partial charge in [0.05, 0.1) is 0 Å². The van der Waals surface area contributed by atoms with Gasteiger partial charge >= 0.3 is 5.97 Å². The summed E-state index contributed by atoms with van der Waals surface area (Å²) in [6.45, 7) is 2.10. The van der Waals surface area contributed by atoms with E-state index in [9.17, 15) is 9.59 Å². The third-order valence-electron chi connectivity index (χ3n) is 2.92. The SMILES string of the molecule is Cc1cc(C(=O)NCc2ccc(C(=O)O)nc2)ccc1Cl. The molecule has 1 aromatic heterocycles. The van der Waals surface area contributed by atoms with E-state index in [1.807, 2.05) is 6.92 Å². The van der Waals surface area contributed by atoms with Crippen LogP contribution < -0.4 is 5.32 Å². The number of halogens is 1. The molecule has 6 heteroatoms. The van der Waals surface area contributed by atoms with Crippen molar-refractivity contribution in [3.63, 3.8) is 0 Å². The number of amides is 1. The molecule has 21 heavy (non-hydrogen) atoms. The van der Waals surface area contributed by atoms with Crippen LogP contribution >= 0.6 is 11.6 Å². The number of nitrogens with one attached hydrogen (secondary N) is 1. The highest BCUT2D eigenvalue weighted by molar-refractivity contribution is 6.31. The highest BCUT2D eigenvalue weighted by atomic mass is 35.5. The number of pyridine rings is 1. The molecule has 0 saturated carbocycles. The second kappa shape index (κ2) is 6.37. The molecule has 0 spiro atoms. The minimum Gasteiger partial charge on any atom is -0.477 e. The predicted molar refractivity (Wildman–Crippen MR) is 78.6 cm³/mol. The molecular weight excluding hydrogens is 292 g/mol. The fourth-order valence-corrected chi connectivity index (χ4v) is 1.84. The smallest absolute Gasteiger partial charge is 0.354 e. The Hall–Kier alpha value is -2.40. The lowest BCUT2D eigenvalue weighted by molar-refractivity contribution is 0.0690. The second-order valence-corrected chi connectivity index (χ2v) is 4.91. The van der Waals surface area contributed by atoms with Crippen molar-refractivity contribution in [3.05, 3.63) is 63.9 Å². The molecule has 2 N–H and O–H groups in total. The molecule has 0 aliphatic carbocycles. The van der Waals surface area contributed by atoms with Gasteiger partial charge in [-0.2, -0.15) is 0 Å². The molecule has 0 saturated heterocycles. The van der Waals surface area contributed by atoms with Crippen LogP contribution in [0.15, 0.2) is 36.5 Å². The minimum absolute atomic E-state index is 0.0293. The van der Waals surface area contributed by atoms with Crippen molar-refractivity contribution in [2.24, 2.45) is 0 Å². The first-order valence-corrected chi connectivity index (χ1v) is 6.58. The van der Waals surface area contributed by atoms with Gasteiger partial charge in [-0.05, 0) is 42.3 Å². The first kappa shape index (κ1) is 15.0. The molecule has 0 bridgehead atoms. The van der Waals surface area contributed by atoms with Crippen LogP contribution in [0.5, 0.6) is 0 Å². The Morgan fingerprint density at radius 1 is 1.29 bits per heavy atom. The largest absolute Gasteiger partial charge is 0.477 e. The quantitative estimate of drug-likeness (QED) is 0.910. The Kier molecular flexibility index (Phi) is 4.55. The monoisotopic (exact) mass is 304 g/mol. The Balaban J connectivity index is 2.00. The number of nitrogens with zero attached hydrogens (tertiary/aromatic N) is 1. The highest BCUT2D eigenvalue weighted by Crippen LogP contribution is 2.16. The van der Waals surface area contributed by atoms with Gasteiger partial charge in [-0.25, -0.2) is 9.78 Å². The molecule has 0 aliphatic heterocycles. The Labute approximate surface area is 126 Å².